The van der Waals surface area contributed by atoms with Crippen molar-refractivity contribution in [3.63, 3.8) is 0 Å². The van der Waals surface area contributed by atoms with Crippen LogP contribution in [0.15, 0.2) is 36.4 Å². The van der Waals surface area contributed by atoms with Crippen LogP contribution in [0.1, 0.15) is 26.3 Å². The summed E-state index contributed by atoms with van der Waals surface area (Å²) in [6, 6.07) is 7.13. The molecule has 0 aliphatic rings. The first-order chi connectivity index (χ1) is 8.29. The molecule has 18 heavy (non-hydrogen) atoms. The van der Waals surface area contributed by atoms with Crippen LogP contribution in [0.2, 0.25) is 0 Å². The summed E-state index contributed by atoms with van der Waals surface area (Å²) in [5.41, 5.74) is 1.16. The predicted octanol–water partition coefficient (Wildman–Crippen LogP) is 2.53. The molecule has 96 valence electrons. The first-order valence-electron chi connectivity index (χ1n) is 5.52. The molecule has 0 radical (unpaired) electrons. The van der Waals surface area contributed by atoms with Gasteiger partial charge < -0.3 is 9.84 Å². The predicted molar refractivity (Wildman–Crippen MR) is 67.6 cm³/mol. The number of carbonyl (C=O) groups excluding carboxylic acids is 1. The summed E-state index contributed by atoms with van der Waals surface area (Å²) in [6.07, 6.45) is 1.62. The molecule has 0 unspecified atom stereocenters. The van der Waals surface area contributed by atoms with Crippen LogP contribution in [0.4, 0.5) is 0 Å². The largest absolute Gasteiger partial charge is 0.478 e. The minimum Gasteiger partial charge on any atom is -0.478 e. The van der Waals surface area contributed by atoms with Gasteiger partial charge in [-0.2, -0.15) is 0 Å². The van der Waals surface area contributed by atoms with Crippen LogP contribution in [-0.2, 0) is 15.0 Å². The third kappa shape index (κ3) is 4.41. The van der Waals surface area contributed by atoms with Crippen LogP contribution in [0.3, 0.4) is 0 Å². The third-order valence-electron chi connectivity index (χ3n) is 2.30. The van der Waals surface area contributed by atoms with Gasteiger partial charge in [0.25, 0.3) is 0 Å². The molecule has 0 amide bonds. The standard InChI is InChI=1S/C14H16O4/c1-14(2,3)10-4-6-11(7-5-10)18-13(17)9-8-12(15)16/h4-9H,1-3H3,(H,15,16)/b9-8+. The third-order valence-corrected chi connectivity index (χ3v) is 2.30. The van der Waals surface area contributed by atoms with E-state index in [1.165, 1.54) is 0 Å². The van der Waals surface area contributed by atoms with Gasteiger partial charge in [-0.25, -0.2) is 9.59 Å². The van der Waals surface area contributed by atoms with Crippen molar-refractivity contribution in [1.82, 2.24) is 0 Å². The molecule has 0 aliphatic carbocycles. The Kier molecular flexibility index (Phi) is 4.26. The summed E-state index contributed by atoms with van der Waals surface area (Å²) in [5.74, 6) is -1.50. The second-order valence-corrected chi connectivity index (χ2v) is 4.87. The highest BCUT2D eigenvalue weighted by molar-refractivity contribution is 5.91. The smallest absolute Gasteiger partial charge is 0.336 e. The first kappa shape index (κ1) is 14.0. The summed E-state index contributed by atoms with van der Waals surface area (Å²) < 4.78 is 4.94. The Morgan fingerprint density at radius 1 is 1.11 bits per heavy atom. The van der Waals surface area contributed by atoms with Crippen LogP contribution in [0, 0.1) is 0 Å². The zero-order valence-electron chi connectivity index (χ0n) is 10.6. The molecule has 0 saturated heterocycles. The average Bonchev–Trinajstić information content (AvgIpc) is 2.26. The van der Waals surface area contributed by atoms with Gasteiger partial charge in [-0.05, 0) is 23.1 Å². The van der Waals surface area contributed by atoms with Crippen molar-refractivity contribution in [2.24, 2.45) is 0 Å². The quantitative estimate of drug-likeness (QED) is 0.507. The highest BCUT2D eigenvalue weighted by Gasteiger charge is 2.13. The normalized spacial score (nSPS) is 11.5. The van der Waals surface area contributed by atoms with Gasteiger partial charge in [0.05, 0.1) is 0 Å². The number of aliphatic carboxylic acids is 1. The van der Waals surface area contributed by atoms with Crippen molar-refractivity contribution in [3.8, 4) is 5.75 Å². The topological polar surface area (TPSA) is 63.6 Å². The maximum absolute atomic E-state index is 11.2. The van der Waals surface area contributed by atoms with E-state index in [4.69, 9.17) is 9.84 Å². The van der Waals surface area contributed by atoms with Crippen molar-refractivity contribution < 1.29 is 19.4 Å². The average molecular weight is 248 g/mol. The summed E-state index contributed by atoms with van der Waals surface area (Å²) in [6.45, 7) is 6.26. The first-order valence-corrected chi connectivity index (χ1v) is 5.52. The molecule has 0 spiro atoms. The number of benzene rings is 1. The maximum Gasteiger partial charge on any atom is 0.336 e. The number of hydrogen-bond donors (Lipinski definition) is 1. The lowest BCUT2D eigenvalue weighted by molar-refractivity contribution is -0.133. The van der Waals surface area contributed by atoms with Crippen molar-refractivity contribution in [1.29, 1.82) is 0 Å². The minimum atomic E-state index is -1.19. The monoisotopic (exact) mass is 248 g/mol. The highest BCUT2D eigenvalue weighted by atomic mass is 16.5. The summed E-state index contributed by atoms with van der Waals surface area (Å²) in [7, 11) is 0. The van der Waals surface area contributed by atoms with Crippen molar-refractivity contribution in [3.05, 3.63) is 42.0 Å². The van der Waals surface area contributed by atoms with Crippen molar-refractivity contribution in [2.75, 3.05) is 0 Å². The fraction of sp³-hybridized carbons (Fsp3) is 0.286. The Morgan fingerprint density at radius 3 is 2.11 bits per heavy atom. The molecular formula is C14H16O4. The number of hydrogen-bond acceptors (Lipinski definition) is 3. The number of carboxylic acid groups (broad SMARTS) is 1. The van der Waals surface area contributed by atoms with Crippen LogP contribution in [-0.4, -0.2) is 17.0 Å². The second-order valence-electron chi connectivity index (χ2n) is 4.87. The summed E-state index contributed by atoms with van der Waals surface area (Å²) >= 11 is 0. The maximum atomic E-state index is 11.2. The Bertz CT molecular complexity index is 464. The minimum absolute atomic E-state index is 0.0335. The van der Waals surface area contributed by atoms with Crippen molar-refractivity contribution >= 4 is 11.9 Å². The molecule has 1 N–H and O–H groups in total. The molecule has 0 saturated carbocycles. The van der Waals surface area contributed by atoms with Gasteiger partial charge in [-0.3, -0.25) is 0 Å². The van der Waals surface area contributed by atoms with Crippen LogP contribution in [0.25, 0.3) is 0 Å². The van der Waals surface area contributed by atoms with E-state index in [0.29, 0.717) is 5.75 Å². The molecule has 0 bridgehead atoms. The van der Waals surface area contributed by atoms with Gasteiger partial charge in [-0.15, -0.1) is 0 Å². The highest BCUT2D eigenvalue weighted by Crippen LogP contribution is 2.24. The molecule has 4 heteroatoms. The molecule has 0 fully saturated rings. The molecule has 0 atom stereocenters. The second kappa shape index (κ2) is 5.49. The lowest BCUT2D eigenvalue weighted by atomic mass is 9.87. The van der Waals surface area contributed by atoms with Crippen LogP contribution in [0.5, 0.6) is 5.75 Å². The van der Waals surface area contributed by atoms with Crippen molar-refractivity contribution in [2.45, 2.75) is 26.2 Å². The molecule has 1 aromatic rings. The SMILES string of the molecule is CC(C)(C)c1ccc(OC(=O)/C=C/C(=O)O)cc1. The number of carboxylic acids is 1. The van der Waals surface area contributed by atoms with Gasteiger partial charge in [-0.1, -0.05) is 32.9 Å². The number of rotatable bonds is 3. The van der Waals surface area contributed by atoms with E-state index in [0.717, 1.165) is 17.7 Å². The number of esters is 1. The van der Waals surface area contributed by atoms with E-state index in [2.05, 4.69) is 20.8 Å². The van der Waals surface area contributed by atoms with Gasteiger partial charge in [0.1, 0.15) is 5.75 Å². The Hall–Kier alpha value is -2.10. The molecule has 0 heterocycles. The lowest BCUT2D eigenvalue weighted by Crippen LogP contribution is -2.11. The fourth-order valence-corrected chi connectivity index (χ4v) is 1.31. The van der Waals surface area contributed by atoms with Gasteiger partial charge in [0.15, 0.2) is 0 Å². The molecule has 0 aromatic heterocycles. The number of ether oxygens (including phenoxy) is 1. The molecular weight excluding hydrogens is 232 g/mol. The lowest BCUT2D eigenvalue weighted by Gasteiger charge is -2.18. The Morgan fingerprint density at radius 2 is 1.67 bits per heavy atom. The van der Waals surface area contributed by atoms with E-state index in [-0.39, 0.29) is 5.41 Å². The fourth-order valence-electron chi connectivity index (χ4n) is 1.31. The van der Waals surface area contributed by atoms with Crippen LogP contribution < -0.4 is 4.74 Å². The van der Waals surface area contributed by atoms with E-state index < -0.39 is 11.9 Å². The zero-order chi connectivity index (χ0) is 13.8. The van der Waals surface area contributed by atoms with E-state index >= 15 is 0 Å². The van der Waals surface area contributed by atoms with Gasteiger partial charge >= 0.3 is 11.9 Å². The summed E-state index contributed by atoms with van der Waals surface area (Å²) in [4.78, 5) is 21.4. The Balaban J connectivity index is 2.70. The van der Waals surface area contributed by atoms with Crippen LogP contribution >= 0.6 is 0 Å². The van der Waals surface area contributed by atoms with E-state index in [1.54, 1.807) is 12.1 Å². The zero-order valence-corrected chi connectivity index (χ0v) is 10.6. The van der Waals surface area contributed by atoms with E-state index in [9.17, 15) is 9.59 Å². The molecule has 1 rings (SSSR count). The van der Waals surface area contributed by atoms with Gasteiger partial charge in [0, 0.05) is 12.2 Å². The Labute approximate surface area is 106 Å². The number of carbonyl (C=O) groups is 2. The van der Waals surface area contributed by atoms with E-state index in [1.807, 2.05) is 12.1 Å². The molecule has 4 nitrogen and oxygen atoms in total. The van der Waals surface area contributed by atoms with Gasteiger partial charge in [0.2, 0.25) is 0 Å². The summed E-state index contributed by atoms with van der Waals surface area (Å²) in [5, 5.41) is 8.36. The molecule has 0 aliphatic heterocycles. The molecule has 1 aromatic carbocycles.